The van der Waals surface area contributed by atoms with Gasteiger partial charge in [0, 0.05) is 16.1 Å². The summed E-state index contributed by atoms with van der Waals surface area (Å²) in [7, 11) is 0. The van der Waals surface area contributed by atoms with Gasteiger partial charge in [-0.2, -0.15) is 5.26 Å². The van der Waals surface area contributed by atoms with Crippen molar-refractivity contribution in [2.45, 2.75) is 37.8 Å². The van der Waals surface area contributed by atoms with Crippen molar-refractivity contribution >= 4 is 24.3 Å². The van der Waals surface area contributed by atoms with Gasteiger partial charge >= 0.3 is 5.97 Å². The molecule has 2 aromatic rings. The number of rotatable bonds is 6. The molecule has 2 aromatic carbocycles. The lowest BCUT2D eigenvalue weighted by Crippen LogP contribution is -2.21. The van der Waals surface area contributed by atoms with E-state index in [9.17, 15) is 9.90 Å². The van der Waals surface area contributed by atoms with E-state index in [0.29, 0.717) is 27.5 Å². The highest BCUT2D eigenvalue weighted by Gasteiger charge is 2.24. The lowest BCUT2D eigenvalue weighted by molar-refractivity contribution is -0.138. The van der Waals surface area contributed by atoms with Gasteiger partial charge in [-0.15, -0.1) is 12.6 Å². The first-order valence-electron chi connectivity index (χ1n) is 7.82. The number of nitrogens with one attached hydrogen (secondary N) is 1. The van der Waals surface area contributed by atoms with Gasteiger partial charge in [0.1, 0.15) is 5.75 Å². The fourth-order valence-electron chi connectivity index (χ4n) is 2.40. The number of aliphatic carboxylic acids is 1. The van der Waals surface area contributed by atoms with E-state index in [1.165, 1.54) is 0 Å². The quantitative estimate of drug-likeness (QED) is 0.676. The number of thiol groups is 1. The Morgan fingerprint density at radius 1 is 1.24 bits per heavy atom. The second-order valence-electron chi connectivity index (χ2n) is 5.90. The number of carboxylic acids is 1. The van der Waals surface area contributed by atoms with Crippen molar-refractivity contribution < 1.29 is 14.6 Å². The van der Waals surface area contributed by atoms with E-state index in [-0.39, 0.29) is 6.10 Å². The van der Waals surface area contributed by atoms with E-state index in [2.05, 4.69) is 17.9 Å². The predicted molar refractivity (Wildman–Crippen MR) is 99.4 cm³/mol. The average Bonchev–Trinajstić information content (AvgIpc) is 2.57. The largest absolute Gasteiger partial charge is 0.491 e. The molecular formula is C19H20N2O3S. The molecule has 25 heavy (non-hydrogen) atoms. The first-order valence-corrected chi connectivity index (χ1v) is 8.26. The van der Waals surface area contributed by atoms with Crippen molar-refractivity contribution in [2.75, 3.05) is 5.32 Å². The van der Waals surface area contributed by atoms with Crippen LogP contribution in [0.1, 0.15) is 36.6 Å². The average molecular weight is 356 g/mol. The summed E-state index contributed by atoms with van der Waals surface area (Å²) in [6, 6.07) is 11.2. The number of hydrogen-bond donors (Lipinski definition) is 3. The summed E-state index contributed by atoms with van der Waals surface area (Å²) in [5.41, 5.74) is 2.47. The zero-order valence-corrected chi connectivity index (χ0v) is 15.2. The van der Waals surface area contributed by atoms with Gasteiger partial charge in [0.2, 0.25) is 0 Å². The fraction of sp³-hybridized carbons (Fsp3) is 0.263. The summed E-state index contributed by atoms with van der Waals surface area (Å²) in [6.07, 6.45) is 0.0179. The van der Waals surface area contributed by atoms with E-state index in [4.69, 9.17) is 10.00 Å². The van der Waals surface area contributed by atoms with Crippen LogP contribution < -0.4 is 10.1 Å². The Bertz CT molecular complexity index is 811. The molecule has 1 unspecified atom stereocenters. The molecule has 2 rings (SSSR count). The highest BCUT2D eigenvalue weighted by Crippen LogP contribution is 2.33. The number of hydrogen-bond acceptors (Lipinski definition) is 5. The smallest absolute Gasteiger partial charge is 0.330 e. The molecule has 0 aromatic heterocycles. The van der Waals surface area contributed by atoms with Crippen LogP contribution in [0.2, 0.25) is 0 Å². The molecule has 130 valence electrons. The number of anilines is 1. The number of benzene rings is 2. The van der Waals surface area contributed by atoms with Gasteiger partial charge in [0.15, 0.2) is 6.04 Å². The second kappa shape index (κ2) is 7.95. The number of carboxylic acid groups (broad SMARTS) is 1. The van der Waals surface area contributed by atoms with Crippen LogP contribution in [0.15, 0.2) is 41.3 Å². The minimum atomic E-state index is -1.02. The van der Waals surface area contributed by atoms with Crippen LogP contribution in [0, 0.1) is 18.3 Å². The van der Waals surface area contributed by atoms with Crippen LogP contribution in [0.4, 0.5) is 5.69 Å². The van der Waals surface area contributed by atoms with Crippen LogP contribution in [0.5, 0.6) is 5.75 Å². The fourth-order valence-corrected chi connectivity index (χ4v) is 2.71. The summed E-state index contributed by atoms with van der Waals surface area (Å²) < 4.78 is 5.72. The molecule has 0 saturated heterocycles. The second-order valence-corrected chi connectivity index (χ2v) is 6.35. The highest BCUT2D eigenvalue weighted by atomic mass is 32.1. The maximum absolute atomic E-state index is 11.8. The summed E-state index contributed by atoms with van der Waals surface area (Å²) in [5, 5.41) is 21.5. The third-order valence-electron chi connectivity index (χ3n) is 3.66. The van der Waals surface area contributed by atoms with E-state index >= 15 is 0 Å². The number of carbonyl (C=O) groups is 1. The van der Waals surface area contributed by atoms with Crippen LogP contribution in [0.3, 0.4) is 0 Å². The maximum atomic E-state index is 11.8. The van der Waals surface area contributed by atoms with E-state index in [0.717, 1.165) is 5.56 Å². The molecule has 0 aliphatic carbocycles. The van der Waals surface area contributed by atoms with Crippen molar-refractivity contribution in [1.82, 2.24) is 0 Å². The minimum Gasteiger partial charge on any atom is -0.491 e. The number of nitrogens with zero attached hydrogens (tertiary/aromatic N) is 1. The Balaban J connectivity index is 2.35. The van der Waals surface area contributed by atoms with Gasteiger partial charge in [-0.05, 0) is 56.7 Å². The third kappa shape index (κ3) is 4.46. The van der Waals surface area contributed by atoms with E-state index in [1.54, 1.807) is 36.4 Å². The SMILES string of the molecule is Cc1c(OC(C)C)ccc(C(Nc2ccc(C#N)cc2)C(=O)O)c1S. The van der Waals surface area contributed by atoms with Crippen LogP contribution in [-0.2, 0) is 4.79 Å². The standard InChI is InChI=1S/C19H20N2O3S/c1-11(2)24-16-9-8-15(18(25)12(16)3)17(19(22)23)21-14-6-4-13(10-20)5-7-14/h4-9,11,17,21,25H,1-3H3,(H,22,23). The molecule has 1 atom stereocenters. The topological polar surface area (TPSA) is 82.3 Å². The highest BCUT2D eigenvalue weighted by molar-refractivity contribution is 7.80. The van der Waals surface area contributed by atoms with Crippen LogP contribution >= 0.6 is 12.6 Å². The predicted octanol–water partition coefficient (Wildman–Crippen LogP) is 4.18. The lowest BCUT2D eigenvalue weighted by Gasteiger charge is -2.21. The van der Waals surface area contributed by atoms with Crippen molar-refractivity contribution in [3.8, 4) is 11.8 Å². The molecule has 0 bridgehead atoms. The van der Waals surface area contributed by atoms with Gasteiger partial charge in [-0.1, -0.05) is 6.07 Å². The molecule has 0 saturated carbocycles. The van der Waals surface area contributed by atoms with Gasteiger partial charge in [0.05, 0.1) is 17.7 Å². The van der Waals surface area contributed by atoms with Gasteiger partial charge in [0.25, 0.3) is 0 Å². The summed E-state index contributed by atoms with van der Waals surface area (Å²) >= 11 is 4.51. The van der Waals surface area contributed by atoms with Gasteiger partial charge in [-0.3, -0.25) is 0 Å². The van der Waals surface area contributed by atoms with E-state index in [1.807, 2.05) is 26.8 Å². The Kier molecular flexibility index (Phi) is 5.94. The normalized spacial score (nSPS) is 11.7. The Labute approximate surface area is 152 Å². The van der Waals surface area contributed by atoms with E-state index < -0.39 is 12.0 Å². The van der Waals surface area contributed by atoms with Crippen molar-refractivity contribution in [3.05, 3.63) is 53.1 Å². The van der Waals surface area contributed by atoms with Crippen molar-refractivity contribution in [2.24, 2.45) is 0 Å². The number of nitriles is 1. The molecule has 0 heterocycles. The molecule has 0 aliphatic heterocycles. The van der Waals surface area contributed by atoms with Gasteiger partial charge in [-0.25, -0.2) is 4.79 Å². The molecule has 0 radical (unpaired) electrons. The van der Waals surface area contributed by atoms with Gasteiger partial charge < -0.3 is 15.2 Å². The maximum Gasteiger partial charge on any atom is 0.330 e. The van der Waals surface area contributed by atoms with Crippen LogP contribution in [-0.4, -0.2) is 17.2 Å². The Morgan fingerprint density at radius 3 is 2.40 bits per heavy atom. The molecular weight excluding hydrogens is 336 g/mol. The molecule has 2 N–H and O–H groups in total. The summed E-state index contributed by atoms with van der Waals surface area (Å²) in [4.78, 5) is 12.3. The molecule has 0 spiro atoms. The Hall–Kier alpha value is -2.65. The number of ether oxygens (including phenoxy) is 1. The first kappa shape index (κ1) is 18.7. The third-order valence-corrected chi connectivity index (χ3v) is 4.25. The van der Waals surface area contributed by atoms with Crippen LogP contribution in [0.25, 0.3) is 0 Å². The summed E-state index contributed by atoms with van der Waals surface area (Å²) in [6.45, 7) is 5.71. The van der Waals surface area contributed by atoms with Crippen molar-refractivity contribution in [3.63, 3.8) is 0 Å². The van der Waals surface area contributed by atoms with Crippen molar-refractivity contribution in [1.29, 1.82) is 5.26 Å². The summed E-state index contributed by atoms with van der Waals surface area (Å²) in [5.74, 6) is -0.331. The monoisotopic (exact) mass is 356 g/mol. The zero-order chi connectivity index (χ0) is 18.6. The lowest BCUT2D eigenvalue weighted by atomic mass is 10.0. The minimum absolute atomic E-state index is 0.0179. The molecule has 0 amide bonds. The zero-order valence-electron chi connectivity index (χ0n) is 14.3. The molecule has 5 nitrogen and oxygen atoms in total. The molecule has 6 heteroatoms. The Morgan fingerprint density at radius 2 is 1.88 bits per heavy atom. The molecule has 0 aliphatic rings. The molecule has 0 fully saturated rings. The first-order chi connectivity index (χ1) is 11.8.